The second-order valence-corrected chi connectivity index (χ2v) is 8.45. The van der Waals surface area contributed by atoms with Crippen LogP contribution in [0.15, 0.2) is 52.1 Å². The molecule has 1 aromatic heterocycles. The predicted octanol–water partition coefficient (Wildman–Crippen LogP) is 5.71. The molecule has 0 radical (unpaired) electrons. The smallest absolute Gasteiger partial charge is 0.247 e. The van der Waals surface area contributed by atoms with Crippen LogP contribution < -0.4 is 14.8 Å². The lowest BCUT2D eigenvalue weighted by Gasteiger charge is -2.20. The quantitative estimate of drug-likeness (QED) is 0.364. The lowest BCUT2D eigenvalue weighted by molar-refractivity contribution is 0.225. The number of hydrogen-bond acceptors (Lipinski definition) is 7. The van der Waals surface area contributed by atoms with Crippen LogP contribution in [0.2, 0.25) is 0 Å². The fraction of sp³-hybridized carbons (Fsp3) is 0.286. The van der Waals surface area contributed by atoms with Crippen molar-refractivity contribution in [3.63, 3.8) is 0 Å². The van der Waals surface area contributed by atoms with Gasteiger partial charge in [0.05, 0.1) is 11.6 Å². The predicted molar refractivity (Wildman–Crippen MR) is 119 cm³/mol. The van der Waals surface area contributed by atoms with E-state index in [9.17, 15) is 0 Å². The SMILES string of the molecule is CCCCSc1nnc2c(n1)O[C@@H](c1ccc(OC)c(Br)c1)Nc1ccccc1-2. The average molecular weight is 473 g/mol. The van der Waals surface area contributed by atoms with E-state index in [0.717, 1.165) is 45.6 Å². The van der Waals surface area contributed by atoms with E-state index < -0.39 is 6.23 Å². The monoisotopic (exact) mass is 472 g/mol. The number of anilines is 1. The standard InChI is InChI=1S/C21H21BrN4O2S/c1-3-4-11-29-21-24-20-18(25-26-21)14-7-5-6-8-16(14)23-19(28-20)13-9-10-17(27-2)15(22)12-13/h5-10,12,19,23H,3-4,11H2,1-2H3/t19-/m0/s1. The summed E-state index contributed by atoms with van der Waals surface area (Å²) in [5.41, 5.74) is 3.43. The van der Waals surface area contributed by atoms with Crippen LogP contribution in [-0.2, 0) is 0 Å². The third-order valence-electron chi connectivity index (χ3n) is 4.54. The summed E-state index contributed by atoms with van der Waals surface area (Å²) in [6, 6.07) is 13.8. The Morgan fingerprint density at radius 2 is 2.07 bits per heavy atom. The van der Waals surface area contributed by atoms with Gasteiger partial charge in [-0.05, 0) is 46.6 Å². The first-order valence-corrected chi connectivity index (χ1v) is 11.2. The van der Waals surface area contributed by atoms with E-state index in [2.05, 4.69) is 43.4 Å². The third kappa shape index (κ3) is 4.33. The first-order chi connectivity index (χ1) is 14.2. The van der Waals surface area contributed by atoms with Gasteiger partial charge in [-0.15, -0.1) is 10.2 Å². The van der Waals surface area contributed by atoms with Crippen LogP contribution in [0, 0.1) is 0 Å². The van der Waals surface area contributed by atoms with Crippen LogP contribution in [0.5, 0.6) is 11.6 Å². The maximum Gasteiger partial charge on any atom is 0.247 e. The number of fused-ring (bicyclic) bond motifs is 3. The van der Waals surface area contributed by atoms with Crippen molar-refractivity contribution in [2.75, 3.05) is 18.2 Å². The number of methoxy groups -OCH3 is 1. The Morgan fingerprint density at radius 3 is 2.86 bits per heavy atom. The molecule has 8 heteroatoms. The van der Waals surface area contributed by atoms with Gasteiger partial charge < -0.3 is 14.8 Å². The molecule has 1 N–H and O–H groups in total. The van der Waals surface area contributed by atoms with Crippen molar-refractivity contribution in [3.8, 4) is 22.9 Å². The van der Waals surface area contributed by atoms with Gasteiger partial charge >= 0.3 is 0 Å². The third-order valence-corrected chi connectivity index (χ3v) is 6.08. The van der Waals surface area contributed by atoms with Crippen molar-refractivity contribution in [2.24, 2.45) is 0 Å². The number of ether oxygens (including phenoxy) is 2. The summed E-state index contributed by atoms with van der Waals surface area (Å²) in [5, 5.41) is 12.8. The molecule has 3 aromatic rings. The number of nitrogens with one attached hydrogen (secondary N) is 1. The molecule has 0 saturated heterocycles. The van der Waals surface area contributed by atoms with Crippen LogP contribution in [0.25, 0.3) is 11.3 Å². The summed E-state index contributed by atoms with van der Waals surface area (Å²) in [6.45, 7) is 2.17. The maximum atomic E-state index is 6.30. The highest BCUT2D eigenvalue weighted by Gasteiger charge is 2.26. The topological polar surface area (TPSA) is 69.2 Å². The number of rotatable bonds is 6. The molecule has 1 aliphatic heterocycles. The Hall–Kier alpha value is -2.32. The van der Waals surface area contributed by atoms with Crippen LogP contribution in [0.1, 0.15) is 31.6 Å². The zero-order chi connectivity index (χ0) is 20.2. The first kappa shape index (κ1) is 20.0. The molecule has 0 unspecified atom stereocenters. The van der Waals surface area contributed by atoms with E-state index in [0.29, 0.717) is 16.7 Å². The number of aromatic nitrogens is 3. The molecule has 0 saturated carbocycles. The Bertz CT molecular complexity index is 1020. The van der Waals surface area contributed by atoms with Gasteiger partial charge in [0.25, 0.3) is 0 Å². The molecule has 6 nitrogen and oxygen atoms in total. The zero-order valence-corrected chi connectivity index (χ0v) is 18.6. The van der Waals surface area contributed by atoms with Crippen LogP contribution in [0.4, 0.5) is 5.69 Å². The average Bonchev–Trinajstić information content (AvgIpc) is 2.90. The minimum absolute atomic E-state index is 0.426. The second-order valence-electron chi connectivity index (χ2n) is 6.53. The van der Waals surface area contributed by atoms with Gasteiger partial charge in [-0.1, -0.05) is 43.3 Å². The van der Waals surface area contributed by atoms with Gasteiger partial charge in [-0.2, -0.15) is 4.98 Å². The molecule has 2 aromatic carbocycles. The fourth-order valence-electron chi connectivity index (χ4n) is 3.01. The van der Waals surface area contributed by atoms with E-state index in [1.54, 1.807) is 18.9 Å². The van der Waals surface area contributed by atoms with E-state index in [1.807, 2.05) is 42.5 Å². The van der Waals surface area contributed by atoms with Crippen molar-refractivity contribution < 1.29 is 9.47 Å². The highest BCUT2D eigenvalue weighted by molar-refractivity contribution is 9.10. The molecule has 150 valence electrons. The largest absolute Gasteiger partial charge is 0.496 e. The Balaban J connectivity index is 1.73. The molecule has 29 heavy (non-hydrogen) atoms. The summed E-state index contributed by atoms with van der Waals surface area (Å²) in [7, 11) is 1.65. The number of unbranched alkanes of at least 4 members (excludes halogenated alkanes) is 1. The van der Waals surface area contributed by atoms with E-state index in [1.165, 1.54) is 0 Å². The lowest BCUT2D eigenvalue weighted by atomic mass is 10.1. The fourth-order valence-corrected chi connectivity index (χ4v) is 4.43. The van der Waals surface area contributed by atoms with Gasteiger partial charge in [0.15, 0.2) is 11.9 Å². The number of halogens is 1. The molecule has 0 amide bonds. The van der Waals surface area contributed by atoms with Gasteiger partial charge in [0, 0.05) is 22.6 Å². The van der Waals surface area contributed by atoms with Crippen molar-refractivity contribution in [1.29, 1.82) is 0 Å². The summed E-state index contributed by atoms with van der Waals surface area (Å²) in [4.78, 5) is 4.67. The number of thioether (sulfide) groups is 1. The molecule has 0 spiro atoms. The van der Waals surface area contributed by atoms with Gasteiger partial charge in [0.1, 0.15) is 5.75 Å². The van der Waals surface area contributed by atoms with Crippen molar-refractivity contribution in [2.45, 2.75) is 31.1 Å². The highest BCUT2D eigenvalue weighted by Crippen LogP contribution is 2.40. The molecular formula is C21H21BrN4O2S. The minimum Gasteiger partial charge on any atom is -0.496 e. The molecule has 1 aliphatic rings. The Morgan fingerprint density at radius 1 is 1.21 bits per heavy atom. The van der Waals surface area contributed by atoms with Crippen molar-refractivity contribution >= 4 is 33.4 Å². The zero-order valence-electron chi connectivity index (χ0n) is 16.2. The van der Waals surface area contributed by atoms with Crippen molar-refractivity contribution in [1.82, 2.24) is 15.2 Å². The van der Waals surface area contributed by atoms with Gasteiger partial charge in [-0.25, -0.2) is 0 Å². The normalized spacial score (nSPS) is 14.8. The van der Waals surface area contributed by atoms with Gasteiger partial charge in [-0.3, -0.25) is 0 Å². The molecular weight excluding hydrogens is 452 g/mol. The van der Waals surface area contributed by atoms with E-state index >= 15 is 0 Å². The maximum absolute atomic E-state index is 6.30. The molecule has 0 fully saturated rings. The lowest BCUT2D eigenvalue weighted by Crippen LogP contribution is -2.17. The van der Waals surface area contributed by atoms with Gasteiger partial charge in [0.2, 0.25) is 11.0 Å². The summed E-state index contributed by atoms with van der Waals surface area (Å²) in [5.74, 6) is 2.20. The number of hydrogen-bond donors (Lipinski definition) is 1. The molecule has 2 heterocycles. The summed E-state index contributed by atoms with van der Waals surface area (Å²) < 4.78 is 12.5. The second kappa shape index (κ2) is 9.00. The summed E-state index contributed by atoms with van der Waals surface area (Å²) >= 11 is 5.16. The minimum atomic E-state index is -0.426. The number of benzene rings is 2. The number of nitrogens with zero attached hydrogens (tertiary/aromatic N) is 3. The van der Waals surface area contributed by atoms with Crippen LogP contribution in [-0.4, -0.2) is 28.0 Å². The molecule has 0 bridgehead atoms. The summed E-state index contributed by atoms with van der Waals surface area (Å²) in [6.07, 6.45) is 1.82. The first-order valence-electron chi connectivity index (χ1n) is 9.43. The van der Waals surface area contributed by atoms with Crippen molar-refractivity contribution in [3.05, 3.63) is 52.5 Å². The molecule has 4 rings (SSSR count). The Labute approximate surface area is 182 Å². The van der Waals surface area contributed by atoms with E-state index in [4.69, 9.17) is 9.47 Å². The van der Waals surface area contributed by atoms with E-state index in [-0.39, 0.29) is 0 Å². The van der Waals surface area contributed by atoms with Crippen LogP contribution >= 0.6 is 27.7 Å². The van der Waals surface area contributed by atoms with Crippen LogP contribution in [0.3, 0.4) is 0 Å². The Kier molecular flexibility index (Phi) is 6.20. The molecule has 0 aliphatic carbocycles. The highest BCUT2D eigenvalue weighted by atomic mass is 79.9. The molecule has 1 atom stereocenters. The number of para-hydroxylation sites is 1.